The molecule has 92 valence electrons. The summed E-state index contributed by atoms with van der Waals surface area (Å²) < 4.78 is 0. The molecule has 0 bridgehead atoms. The molecule has 0 saturated heterocycles. The van der Waals surface area contributed by atoms with Crippen molar-refractivity contribution in [2.24, 2.45) is 0 Å². The van der Waals surface area contributed by atoms with E-state index in [-0.39, 0.29) is 5.69 Å². The second kappa shape index (κ2) is 5.46. The van der Waals surface area contributed by atoms with Crippen molar-refractivity contribution in [3.63, 3.8) is 0 Å². The lowest BCUT2D eigenvalue weighted by Crippen LogP contribution is -1.95. The molecular formula is C11H10N4O2S. The van der Waals surface area contributed by atoms with Crippen LogP contribution in [0.5, 0.6) is 0 Å². The van der Waals surface area contributed by atoms with Gasteiger partial charge in [-0.05, 0) is 5.56 Å². The summed E-state index contributed by atoms with van der Waals surface area (Å²) in [6.07, 6.45) is 3.08. The minimum atomic E-state index is -0.412. The Balaban J connectivity index is 2.09. The van der Waals surface area contributed by atoms with Crippen molar-refractivity contribution in [3.05, 3.63) is 52.3 Å². The number of non-ortho nitro benzene ring substituents is 1. The number of nitro groups is 1. The number of hydrogen-bond donors (Lipinski definition) is 1. The fourth-order valence-electron chi connectivity index (χ4n) is 1.36. The number of anilines is 1. The van der Waals surface area contributed by atoms with Gasteiger partial charge in [0, 0.05) is 30.3 Å². The van der Waals surface area contributed by atoms with Gasteiger partial charge in [-0.15, -0.1) is 0 Å². The Hall–Kier alpha value is -2.15. The Morgan fingerprint density at radius 2 is 2.11 bits per heavy atom. The number of nitrogen functional groups attached to an aromatic ring is 1. The molecule has 7 heteroatoms. The Morgan fingerprint density at radius 1 is 1.33 bits per heavy atom. The van der Waals surface area contributed by atoms with Gasteiger partial charge < -0.3 is 5.73 Å². The average Bonchev–Trinajstić information content (AvgIpc) is 2.38. The minimum absolute atomic E-state index is 0.0835. The topological polar surface area (TPSA) is 94.9 Å². The van der Waals surface area contributed by atoms with E-state index in [1.54, 1.807) is 18.3 Å². The zero-order valence-electron chi connectivity index (χ0n) is 9.31. The predicted molar refractivity (Wildman–Crippen MR) is 69.1 cm³/mol. The van der Waals surface area contributed by atoms with Crippen molar-refractivity contribution in [2.75, 3.05) is 5.73 Å². The average molecular weight is 262 g/mol. The van der Waals surface area contributed by atoms with Crippen LogP contribution >= 0.6 is 11.8 Å². The Kier molecular flexibility index (Phi) is 3.73. The minimum Gasteiger partial charge on any atom is -0.381 e. The first kappa shape index (κ1) is 12.3. The Labute approximate surface area is 107 Å². The normalized spacial score (nSPS) is 10.2. The fraction of sp³-hybridized carbons (Fsp3) is 0.0909. The molecule has 18 heavy (non-hydrogen) atoms. The van der Waals surface area contributed by atoms with Crippen LogP contribution < -0.4 is 5.73 Å². The van der Waals surface area contributed by atoms with Gasteiger partial charge in [-0.3, -0.25) is 10.1 Å². The van der Waals surface area contributed by atoms with Gasteiger partial charge in [0.2, 0.25) is 0 Å². The summed E-state index contributed by atoms with van der Waals surface area (Å²) in [6.45, 7) is 0. The lowest BCUT2D eigenvalue weighted by atomic mass is 10.2. The maximum absolute atomic E-state index is 10.6. The number of nitro benzene ring substituents is 1. The second-order valence-electron chi connectivity index (χ2n) is 3.46. The molecule has 0 atom stereocenters. The molecule has 1 aromatic heterocycles. The van der Waals surface area contributed by atoms with Gasteiger partial charge >= 0.3 is 0 Å². The molecule has 2 aromatic rings. The van der Waals surface area contributed by atoms with Crippen LogP contribution in [0.1, 0.15) is 5.56 Å². The summed E-state index contributed by atoms with van der Waals surface area (Å²) in [5.41, 5.74) is 6.59. The van der Waals surface area contributed by atoms with Crippen LogP contribution in [0.2, 0.25) is 0 Å². The van der Waals surface area contributed by atoms with Crippen LogP contribution in [-0.2, 0) is 5.75 Å². The van der Waals surface area contributed by atoms with Crippen molar-refractivity contribution in [1.29, 1.82) is 0 Å². The number of benzene rings is 1. The standard InChI is InChI=1S/C11H10N4O2S/c12-10-11(14-5-4-13-10)18-7-8-2-1-3-9(6-8)15(16)17/h1-6H,7H2,(H2,12,13). The lowest BCUT2D eigenvalue weighted by molar-refractivity contribution is -0.384. The molecule has 0 radical (unpaired) electrons. The molecule has 1 heterocycles. The second-order valence-corrected chi connectivity index (χ2v) is 4.43. The van der Waals surface area contributed by atoms with Crippen LogP contribution in [-0.4, -0.2) is 14.9 Å². The van der Waals surface area contributed by atoms with Crippen LogP contribution in [0.25, 0.3) is 0 Å². The summed E-state index contributed by atoms with van der Waals surface area (Å²) in [5, 5.41) is 11.3. The summed E-state index contributed by atoms with van der Waals surface area (Å²) in [6, 6.07) is 6.49. The molecule has 0 unspecified atom stereocenters. The van der Waals surface area contributed by atoms with Crippen molar-refractivity contribution in [1.82, 2.24) is 9.97 Å². The van der Waals surface area contributed by atoms with Gasteiger partial charge in [-0.1, -0.05) is 23.9 Å². The molecular weight excluding hydrogens is 252 g/mol. The van der Waals surface area contributed by atoms with E-state index in [0.29, 0.717) is 16.6 Å². The van der Waals surface area contributed by atoms with Crippen LogP contribution in [0.15, 0.2) is 41.7 Å². The molecule has 0 aliphatic carbocycles. The smallest absolute Gasteiger partial charge is 0.269 e. The highest BCUT2D eigenvalue weighted by Crippen LogP contribution is 2.25. The van der Waals surface area contributed by atoms with E-state index in [0.717, 1.165) is 5.56 Å². The van der Waals surface area contributed by atoms with Gasteiger partial charge in [0.1, 0.15) is 5.03 Å². The van der Waals surface area contributed by atoms with E-state index in [4.69, 9.17) is 5.73 Å². The largest absolute Gasteiger partial charge is 0.381 e. The van der Waals surface area contributed by atoms with E-state index >= 15 is 0 Å². The van der Waals surface area contributed by atoms with Crippen LogP contribution in [0.4, 0.5) is 11.5 Å². The molecule has 0 saturated carbocycles. The van der Waals surface area contributed by atoms with Crippen molar-refractivity contribution in [2.45, 2.75) is 10.8 Å². The van der Waals surface area contributed by atoms with E-state index in [9.17, 15) is 10.1 Å². The van der Waals surface area contributed by atoms with Crippen molar-refractivity contribution in [3.8, 4) is 0 Å². The fourth-order valence-corrected chi connectivity index (χ4v) is 2.18. The molecule has 0 fully saturated rings. The van der Waals surface area contributed by atoms with Crippen LogP contribution in [0, 0.1) is 10.1 Å². The van der Waals surface area contributed by atoms with E-state index in [1.807, 2.05) is 6.07 Å². The van der Waals surface area contributed by atoms with Gasteiger partial charge in [-0.2, -0.15) is 0 Å². The summed E-state index contributed by atoms with van der Waals surface area (Å²) in [4.78, 5) is 18.2. The molecule has 0 amide bonds. The Morgan fingerprint density at radius 3 is 2.83 bits per heavy atom. The van der Waals surface area contributed by atoms with Gasteiger partial charge in [0.25, 0.3) is 5.69 Å². The molecule has 0 spiro atoms. The first-order chi connectivity index (χ1) is 8.66. The highest BCUT2D eigenvalue weighted by Gasteiger charge is 2.07. The number of thioether (sulfide) groups is 1. The van der Waals surface area contributed by atoms with E-state index in [2.05, 4.69) is 9.97 Å². The number of nitrogens with zero attached hydrogens (tertiary/aromatic N) is 3. The van der Waals surface area contributed by atoms with E-state index < -0.39 is 4.92 Å². The van der Waals surface area contributed by atoms with Gasteiger partial charge in [0.05, 0.1) is 4.92 Å². The molecule has 1 aromatic carbocycles. The van der Waals surface area contributed by atoms with Crippen LogP contribution in [0.3, 0.4) is 0 Å². The summed E-state index contributed by atoms with van der Waals surface area (Å²) in [5.74, 6) is 0.929. The molecule has 2 N–H and O–H groups in total. The third-order valence-electron chi connectivity index (χ3n) is 2.19. The van der Waals surface area contributed by atoms with Crippen molar-refractivity contribution >= 4 is 23.3 Å². The number of nitrogens with two attached hydrogens (primary N) is 1. The molecule has 6 nitrogen and oxygen atoms in total. The van der Waals surface area contributed by atoms with Gasteiger partial charge in [0.15, 0.2) is 5.82 Å². The highest BCUT2D eigenvalue weighted by molar-refractivity contribution is 7.98. The Bertz CT molecular complexity index is 576. The SMILES string of the molecule is Nc1nccnc1SCc1cccc([N+](=O)[O-])c1. The summed E-state index contributed by atoms with van der Waals surface area (Å²) >= 11 is 1.40. The van der Waals surface area contributed by atoms with Crippen molar-refractivity contribution < 1.29 is 4.92 Å². The number of hydrogen-bond acceptors (Lipinski definition) is 6. The van der Waals surface area contributed by atoms with Gasteiger partial charge in [-0.25, -0.2) is 9.97 Å². The lowest BCUT2D eigenvalue weighted by Gasteiger charge is -2.03. The monoisotopic (exact) mass is 262 g/mol. The predicted octanol–water partition coefficient (Wildman–Crippen LogP) is 2.26. The zero-order chi connectivity index (χ0) is 13.0. The first-order valence-electron chi connectivity index (χ1n) is 5.09. The quantitative estimate of drug-likeness (QED) is 0.516. The third kappa shape index (κ3) is 2.95. The maximum Gasteiger partial charge on any atom is 0.269 e. The number of aromatic nitrogens is 2. The maximum atomic E-state index is 10.6. The summed E-state index contributed by atoms with van der Waals surface area (Å²) in [7, 11) is 0. The zero-order valence-corrected chi connectivity index (χ0v) is 10.1. The van der Waals surface area contributed by atoms with E-state index in [1.165, 1.54) is 24.0 Å². The molecule has 2 rings (SSSR count). The highest BCUT2D eigenvalue weighted by atomic mass is 32.2. The third-order valence-corrected chi connectivity index (χ3v) is 3.25. The molecule has 0 aliphatic rings. The first-order valence-corrected chi connectivity index (χ1v) is 6.08. The number of rotatable bonds is 4. The molecule has 0 aliphatic heterocycles.